The highest BCUT2D eigenvalue weighted by Gasteiger charge is 2.16. The second kappa shape index (κ2) is 8.04. The second-order valence-electron chi connectivity index (χ2n) is 5.28. The van der Waals surface area contributed by atoms with Crippen molar-refractivity contribution < 1.29 is 9.59 Å². The van der Waals surface area contributed by atoms with Crippen molar-refractivity contribution in [1.82, 2.24) is 5.32 Å². The molecule has 0 heterocycles. The van der Waals surface area contributed by atoms with Gasteiger partial charge >= 0.3 is 11.8 Å². The molecule has 0 unspecified atom stereocenters. The molecule has 0 saturated heterocycles. The first-order valence-corrected chi connectivity index (χ1v) is 7.93. The maximum absolute atomic E-state index is 12.1. The lowest BCUT2D eigenvalue weighted by Gasteiger charge is -2.17. The molecule has 24 heavy (non-hydrogen) atoms. The molecule has 0 atom stereocenters. The number of amides is 2. The number of nitrogens with one attached hydrogen (secondary N) is 2. The van der Waals surface area contributed by atoms with E-state index in [1.165, 1.54) is 0 Å². The van der Waals surface area contributed by atoms with Crippen LogP contribution < -0.4 is 15.5 Å². The summed E-state index contributed by atoms with van der Waals surface area (Å²) < 4.78 is 0. The Labute approximate surface area is 150 Å². The molecule has 2 rings (SSSR count). The van der Waals surface area contributed by atoms with E-state index in [0.29, 0.717) is 21.3 Å². The van der Waals surface area contributed by atoms with E-state index < -0.39 is 11.8 Å². The van der Waals surface area contributed by atoms with Crippen LogP contribution in [-0.4, -0.2) is 25.9 Å². The van der Waals surface area contributed by atoms with Crippen molar-refractivity contribution >= 4 is 46.4 Å². The molecule has 0 saturated carbocycles. The molecule has 0 radical (unpaired) electrons. The number of anilines is 2. The molecule has 0 aliphatic rings. The van der Waals surface area contributed by atoms with Crippen molar-refractivity contribution in [2.24, 2.45) is 0 Å². The molecule has 0 aliphatic carbocycles. The number of carbonyl (C=O) groups excluding carboxylic acids is 2. The number of rotatable bonds is 4. The van der Waals surface area contributed by atoms with Crippen molar-refractivity contribution in [3.8, 4) is 0 Å². The predicted octanol–water partition coefficient (Wildman–Crippen LogP) is 3.31. The van der Waals surface area contributed by atoms with Crippen LogP contribution in [0.5, 0.6) is 0 Å². The van der Waals surface area contributed by atoms with Gasteiger partial charge in [0.15, 0.2) is 0 Å². The van der Waals surface area contributed by atoms with Crippen LogP contribution in [0.3, 0.4) is 0 Å². The fourth-order valence-electron chi connectivity index (χ4n) is 2.07. The first kappa shape index (κ1) is 18.1. The average Bonchev–Trinajstić information content (AvgIpc) is 2.54. The summed E-state index contributed by atoms with van der Waals surface area (Å²) in [6.45, 7) is 0.136. The monoisotopic (exact) mass is 365 g/mol. The molecule has 0 spiro atoms. The Bertz CT molecular complexity index is 763. The van der Waals surface area contributed by atoms with E-state index in [-0.39, 0.29) is 6.54 Å². The van der Waals surface area contributed by atoms with Gasteiger partial charge in [0.25, 0.3) is 0 Å². The normalized spacial score (nSPS) is 10.2. The fourth-order valence-corrected chi connectivity index (χ4v) is 2.54. The van der Waals surface area contributed by atoms with Crippen molar-refractivity contribution in [2.45, 2.75) is 6.54 Å². The molecule has 2 N–H and O–H groups in total. The first-order valence-electron chi connectivity index (χ1n) is 7.18. The van der Waals surface area contributed by atoms with Gasteiger partial charge in [-0.05, 0) is 29.8 Å². The molecule has 0 fully saturated rings. The van der Waals surface area contributed by atoms with E-state index in [1.54, 1.807) is 30.3 Å². The third-order valence-corrected chi connectivity index (χ3v) is 3.88. The minimum Gasteiger partial charge on any atom is -0.376 e. The summed E-state index contributed by atoms with van der Waals surface area (Å²) in [5.41, 5.74) is 2.04. The van der Waals surface area contributed by atoms with Gasteiger partial charge in [0.2, 0.25) is 0 Å². The fraction of sp³-hybridized carbons (Fsp3) is 0.176. The largest absolute Gasteiger partial charge is 0.376 e. The summed E-state index contributed by atoms with van der Waals surface area (Å²) in [4.78, 5) is 25.9. The van der Waals surface area contributed by atoms with Crippen molar-refractivity contribution in [2.75, 3.05) is 24.3 Å². The molecular weight excluding hydrogens is 349 g/mol. The number of nitrogens with zero attached hydrogens (tertiary/aromatic N) is 1. The molecule has 126 valence electrons. The summed E-state index contributed by atoms with van der Waals surface area (Å²) in [5.74, 6) is -1.48. The van der Waals surface area contributed by atoms with Crippen LogP contribution >= 0.6 is 23.2 Å². The van der Waals surface area contributed by atoms with Crippen LogP contribution in [0.2, 0.25) is 10.0 Å². The Morgan fingerprint density at radius 3 is 2.42 bits per heavy atom. The first-order chi connectivity index (χ1) is 11.4. The molecule has 7 heteroatoms. The van der Waals surface area contributed by atoms with Gasteiger partial charge in [-0.25, -0.2) is 0 Å². The van der Waals surface area contributed by atoms with Gasteiger partial charge in [-0.1, -0.05) is 41.4 Å². The van der Waals surface area contributed by atoms with Crippen LogP contribution in [0.15, 0.2) is 42.5 Å². The number of carbonyl (C=O) groups is 2. The Hall–Kier alpha value is -2.24. The molecule has 0 aromatic heterocycles. The Morgan fingerprint density at radius 2 is 1.75 bits per heavy atom. The Kier molecular flexibility index (Phi) is 6.06. The average molecular weight is 366 g/mol. The highest BCUT2D eigenvalue weighted by Crippen LogP contribution is 2.23. The maximum Gasteiger partial charge on any atom is 0.313 e. The lowest BCUT2D eigenvalue weighted by atomic mass is 10.2. The van der Waals surface area contributed by atoms with E-state index in [9.17, 15) is 9.59 Å². The van der Waals surface area contributed by atoms with Crippen LogP contribution in [0.4, 0.5) is 11.4 Å². The smallest absolute Gasteiger partial charge is 0.313 e. The number of hydrogen-bond donors (Lipinski definition) is 2. The van der Waals surface area contributed by atoms with E-state index >= 15 is 0 Å². The highest BCUT2D eigenvalue weighted by molar-refractivity contribution is 6.40. The molecule has 2 aromatic carbocycles. The molecule has 5 nitrogen and oxygen atoms in total. The predicted molar refractivity (Wildman–Crippen MR) is 97.7 cm³/mol. The molecule has 2 amide bonds. The molecule has 0 aliphatic heterocycles. The second-order valence-corrected chi connectivity index (χ2v) is 6.13. The third kappa shape index (κ3) is 4.63. The van der Waals surface area contributed by atoms with Gasteiger partial charge in [-0.3, -0.25) is 9.59 Å². The van der Waals surface area contributed by atoms with Crippen LogP contribution in [-0.2, 0) is 16.1 Å². The van der Waals surface area contributed by atoms with E-state index in [0.717, 1.165) is 5.69 Å². The van der Waals surface area contributed by atoms with Crippen molar-refractivity contribution in [1.29, 1.82) is 0 Å². The number of para-hydroxylation sites is 2. The van der Waals surface area contributed by atoms with Gasteiger partial charge in [0.1, 0.15) is 0 Å². The highest BCUT2D eigenvalue weighted by atomic mass is 35.5. The van der Waals surface area contributed by atoms with Crippen LogP contribution in [0.25, 0.3) is 0 Å². The van der Waals surface area contributed by atoms with Gasteiger partial charge in [-0.15, -0.1) is 0 Å². The van der Waals surface area contributed by atoms with E-state index in [4.69, 9.17) is 23.2 Å². The van der Waals surface area contributed by atoms with Gasteiger partial charge in [0.05, 0.1) is 11.4 Å². The lowest BCUT2D eigenvalue weighted by molar-refractivity contribution is -0.136. The number of hydrogen-bond acceptors (Lipinski definition) is 3. The number of halogens is 2. The molecule has 2 aromatic rings. The summed E-state index contributed by atoms with van der Waals surface area (Å²) in [6.07, 6.45) is 0. The Balaban J connectivity index is 1.99. The van der Waals surface area contributed by atoms with Gasteiger partial charge in [0, 0.05) is 30.7 Å². The maximum atomic E-state index is 12.1. The van der Waals surface area contributed by atoms with Crippen molar-refractivity contribution in [3.63, 3.8) is 0 Å². The zero-order valence-electron chi connectivity index (χ0n) is 13.3. The lowest BCUT2D eigenvalue weighted by Crippen LogP contribution is -2.35. The molecule has 0 bridgehead atoms. The topological polar surface area (TPSA) is 61.4 Å². The van der Waals surface area contributed by atoms with E-state index in [1.807, 2.05) is 31.1 Å². The van der Waals surface area contributed by atoms with Crippen molar-refractivity contribution in [3.05, 3.63) is 58.1 Å². The molecular formula is C17H17Cl2N3O2. The number of benzene rings is 2. The van der Waals surface area contributed by atoms with Gasteiger partial charge < -0.3 is 15.5 Å². The SMILES string of the molecule is CN(C)c1ccccc1NC(=O)C(=O)NCc1ccc(Cl)cc1Cl. The van der Waals surface area contributed by atoms with Gasteiger partial charge in [-0.2, -0.15) is 0 Å². The minimum absolute atomic E-state index is 0.136. The van der Waals surface area contributed by atoms with E-state index in [2.05, 4.69) is 10.6 Å². The zero-order chi connectivity index (χ0) is 17.7. The summed E-state index contributed by atoms with van der Waals surface area (Å²) >= 11 is 11.9. The van der Waals surface area contributed by atoms with Crippen LogP contribution in [0.1, 0.15) is 5.56 Å². The minimum atomic E-state index is -0.741. The summed E-state index contributed by atoms with van der Waals surface area (Å²) in [6, 6.07) is 12.2. The zero-order valence-corrected chi connectivity index (χ0v) is 14.8. The Morgan fingerprint density at radius 1 is 1.04 bits per heavy atom. The summed E-state index contributed by atoms with van der Waals surface area (Å²) in [7, 11) is 3.71. The quantitative estimate of drug-likeness (QED) is 0.817. The standard InChI is InChI=1S/C17H17Cl2N3O2/c1-22(2)15-6-4-3-5-14(15)21-17(24)16(23)20-10-11-7-8-12(18)9-13(11)19/h3-9H,10H2,1-2H3,(H,20,23)(H,21,24). The van der Waals surface area contributed by atoms with Crippen LogP contribution in [0, 0.1) is 0 Å². The third-order valence-electron chi connectivity index (χ3n) is 3.29. The summed E-state index contributed by atoms with van der Waals surface area (Å²) in [5, 5.41) is 6.08.